The third-order valence-electron chi connectivity index (χ3n) is 2.50. The molecule has 0 saturated carbocycles. The first-order valence-corrected chi connectivity index (χ1v) is 5.83. The molecule has 2 rings (SSSR count). The van der Waals surface area contributed by atoms with Gasteiger partial charge in [0, 0.05) is 18.5 Å². The molecule has 0 spiro atoms. The molecular weight excluding hydrogens is 242 g/mol. The van der Waals surface area contributed by atoms with E-state index in [0.717, 1.165) is 5.69 Å². The van der Waals surface area contributed by atoms with E-state index in [9.17, 15) is 4.79 Å². The van der Waals surface area contributed by atoms with Gasteiger partial charge in [-0.1, -0.05) is 0 Å². The van der Waals surface area contributed by atoms with Crippen molar-refractivity contribution in [2.24, 2.45) is 0 Å². The number of nitriles is 1. The number of nitrogens with one attached hydrogen (secondary N) is 1. The molecule has 96 valence electrons. The summed E-state index contributed by atoms with van der Waals surface area (Å²) in [6, 6.07) is 7.21. The summed E-state index contributed by atoms with van der Waals surface area (Å²) >= 11 is 0. The van der Waals surface area contributed by atoms with Gasteiger partial charge in [0.2, 0.25) is 0 Å². The summed E-state index contributed by atoms with van der Waals surface area (Å²) in [5.41, 5.74) is 1.27. The van der Waals surface area contributed by atoms with Gasteiger partial charge >= 0.3 is 0 Å². The lowest BCUT2D eigenvalue weighted by molar-refractivity contribution is 0.102. The highest BCUT2D eigenvalue weighted by atomic mass is 16.1. The number of anilines is 1. The highest BCUT2D eigenvalue weighted by Gasteiger charge is 2.10. The Morgan fingerprint density at radius 1 is 1.58 bits per heavy atom. The topological polar surface area (TPSA) is 83.6 Å². The van der Waals surface area contributed by atoms with Crippen LogP contribution < -0.4 is 5.32 Å². The fraction of sp³-hybridized carbons (Fsp3) is 0.231. The molecule has 0 unspecified atom stereocenters. The van der Waals surface area contributed by atoms with Gasteiger partial charge in [-0.15, -0.1) is 0 Å². The minimum absolute atomic E-state index is 0.244. The van der Waals surface area contributed by atoms with E-state index < -0.39 is 0 Å². The molecule has 0 saturated heterocycles. The number of aryl methyl sites for hydroxylation is 2. The normalized spacial score (nSPS) is 9.89. The Kier molecular flexibility index (Phi) is 3.88. The van der Waals surface area contributed by atoms with Crippen LogP contribution in [0.2, 0.25) is 0 Å². The monoisotopic (exact) mass is 255 g/mol. The van der Waals surface area contributed by atoms with Crippen molar-refractivity contribution in [3.63, 3.8) is 0 Å². The van der Waals surface area contributed by atoms with Crippen molar-refractivity contribution in [3.8, 4) is 6.07 Å². The largest absolute Gasteiger partial charge is 0.307 e. The molecule has 0 aliphatic carbocycles. The van der Waals surface area contributed by atoms with Gasteiger partial charge in [-0.2, -0.15) is 10.4 Å². The van der Waals surface area contributed by atoms with E-state index in [4.69, 9.17) is 5.26 Å². The SMILES string of the molecule is Cc1cc(NC(=O)c2cccnc2)n(CCC#N)n1. The Hall–Kier alpha value is -2.68. The van der Waals surface area contributed by atoms with Crippen molar-refractivity contribution in [1.82, 2.24) is 14.8 Å². The molecule has 0 fully saturated rings. The molecule has 2 aromatic heterocycles. The summed E-state index contributed by atoms with van der Waals surface area (Å²) in [7, 11) is 0. The Balaban J connectivity index is 2.15. The number of rotatable bonds is 4. The second-order valence-corrected chi connectivity index (χ2v) is 4.00. The van der Waals surface area contributed by atoms with Crippen LogP contribution in [-0.4, -0.2) is 20.7 Å². The van der Waals surface area contributed by atoms with Crippen molar-refractivity contribution in [2.45, 2.75) is 19.9 Å². The Morgan fingerprint density at radius 2 is 2.42 bits per heavy atom. The first-order chi connectivity index (χ1) is 9.20. The maximum Gasteiger partial charge on any atom is 0.258 e. The van der Waals surface area contributed by atoms with Crippen LogP contribution in [0.1, 0.15) is 22.5 Å². The van der Waals surface area contributed by atoms with Crippen LogP contribution in [-0.2, 0) is 6.54 Å². The van der Waals surface area contributed by atoms with E-state index >= 15 is 0 Å². The number of aromatic nitrogens is 3. The van der Waals surface area contributed by atoms with Gasteiger partial charge < -0.3 is 5.32 Å². The van der Waals surface area contributed by atoms with E-state index in [-0.39, 0.29) is 5.91 Å². The van der Waals surface area contributed by atoms with E-state index in [1.807, 2.05) is 6.92 Å². The summed E-state index contributed by atoms with van der Waals surface area (Å²) in [6.45, 7) is 2.29. The molecule has 1 N–H and O–H groups in total. The molecule has 1 amide bonds. The predicted molar refractivity (Wildman–Crippen MR) is 69.4 cm³/mol. The fourth-order valence-corrected chi connectivity index (χ4v) is 1.66. The second kappa shape index (κ2) is 5.78. The maximum atomic E-state index is 12.0. The summed E-state index contributed by atoms with van der Waals surface area (Å²) in [5.74, 6) is 0.341. The lowest BCUT2D eigenvalue weighted by Gasteiger charge is -2.07. The standard InChI is InChI=1S/C13H13N5O/c1-10-8-12(18(17-10)7-3-5-14)16-13(19)11-4-2-6-15-9-11/h2,4,6,8-9H,3,7H2,1H3,(H,16,19). The average Bonchev–Trinajstić information content (AvgIpc) is 2.77. The van der Waals surface area contributed by atoms with Gasteiger partial charge in [0.1, 0.15) is 5.82 Å². The van der Waals surface area contributed by atoms with Gasteiger partial charge in [0.05, 0.1) is 30.3 Å². The zero-order chi connectivity index (χ0) is 13.7. The van der Waals surface area contributed by atoms with Gasteiger partial charge in [0.25, 0.3) is 5.91 Å². The van der Waals surface area contributed by atoms with Crippen molar-refractivity contribution in [1.29, 1.82) is 5.26 Å². The van der Waals surface area contributed by atoms with Crippen LogP contribution in [0, 0.1) is 18.3 Å². The molecule has 19 heavy (non-hydrogen) atoms. The van der Waals surface area contributed by atoms with Crippen molar-refractivity contribution in [3.05, 3.63) is 41.9 Å². The van der Waals surface area contributed by atoms with Crippen LogP contribution in [0.3, 0.4) is 0 Å². The van der Waals surface area contributed by atoms with Crippen LogP contribution >= 0.6 is 0 Å². The number of amides is 1. The third-order valence-corrected chi connectivity index (χ3v) is 2.50. The van der Waals surface area contributed by atoms with E-state index in [2.05, 4.69) is 21.5 Å². The Labute approximate surface area is 110 Å². The molecular formula is C13H13N5O. The highest BCUT2D eigenvalue weighted by Crippen LogP contribution is 2.12. The number of carbonyl (C=O) groups is 1. The van der Waals surface area contributed by atoms with Crippen LogP contribution in [0.4, 0.5) is 5.82 Å². The molecule has 2 heterocycles. The molecule has 6 nitrogen and oxygen atoms in total. The molecule has 0 atom stereocenters. The highest BCUT2D eigenvalue weighted by molar-refractivity contribution is 6.03. The van der Waals surface area contributed by atoms with Crippen LogP contribution in [0.25, 0.3) is 0 Å². The van der Waals surface area contributed by atoms with Crippen LogP contribution in [0.5, 0.6) is 0 Å². The lowest BCUT2D eigenvalue weighted by atomic mass is 10.3. The first-order valence-electron chi connectivity index (χ1n) is 5.83. The smallest absolute Gasteiger partial charge is 0.258 e. The Bertz CT molecular complexity index is 612. The molecule has 0 bridgehead atoms. The van der Waals surface area contributed by atoms with Gasteiger partial charge in [-0.05, 0) is 19.1 Å². The Morgan fingerprint density at radius 3 is 3.11 bits per heavy atom. The number of hydrogen-bond acceptors (Lipinski definition) is 4. The first kappa shape index (κ1) is 12.8. The summed E-state index contributed by atoms with van der Waals surface area (Å²) in [6.07, 6.45) is 3.45. The van der Waals surface area contributed by atoms with E-state index in [1.54, 1.807) is 29.1 Å². The number of carbonyl (C=O) groups excluding carboxylic acids is 1. The number of pyridine rings is 1. The van der Waals surface area contributed by atoms with E-state index in [0.29, 0.717) is 24.3 Å². The zero-order valence-electron chi connectivity index (χ0n) is 10.5. The molecule has 0 radical (unpaired) electrons. The van der Waals surface area contributed by atoms with E-state index in [1.165, 1.54) is 6.20 Å². The quantitative estimate of drug-likeness (QED) is 0.902. The molecule has 2 aromatic rings. The summed E-state index contributed by atoms with van der Waals surface area (Å²) < 4.78 is 1.62. The molecule has 0 aliphatic heterocycles. The summed E-state index contributed by atoms with van der Waals surface area (Å²) in [4.78, 5) is 15.9. The number of hydrogen-bond donors (Lipinski definition) is 1. The summed E-state index contributed by atoms with van der Waals surface area (Å²) in [5, 5.41) is 15.6. The van der Waals surface area contributed by atoms with Gasteiger partial charge in [0.15, 0.2) is 0 Å². The van der Waals surface area contributed by atoms with Crippen molar-refractivity contribution < 1.29 is 4.79 Å². The average molecular weight is 255 g/mol. The third kappa shape index (κ3) is 3.16. The van der Waals surface area contributed by atoms with Crippen molar-refractivity contribution in [2.75, 3.05) is 5.32 Å². The van der Waals surface area contributed by atoms with Crippen LogP contribution in [0.15, 0.2) is 30.6 Å². The lowest BCUT2D eigenvalue weighted by Crippen LogP contribution is -2.16. The zero-order valence-corrected chi connectivity index (χ0v) is 10.5. The molecule has 0 aromatic carbocycles. The minimum atomic E-state index is -0.244. The molecule has 6 heteroatoms. The minimum Gasteiger partial charge on any atom is -0.307 e. The van der Waals surface area contributed by atoms with Gasteiger partial charge in [-0.3, -0.25) is 9.78 Å². The van der Waals surface area contributed by atoms with Gasteiger partial charge in [-0.25, -0.2) is 4.68 Å². The van der Waals surface area contributed by atoms with Crippen molar-refractivity contribution >= 4 is 11.7 Å². The fourth-order valence-electron chi connectivity index (χ4n) is 1.66. The molecule has 0 aliphatic rings. The number of nitrogens with zero attached hydrogens (tertiary/aromatic N) is 4. The maximum absolute atomic E-state index is 12.0. The predicted octanol–water partition coefficient (Wildman–Crippen LogP) is 1.75. The second-order valence-electron chi connectivity index (χ2n) is 4.00.